The maximum atomic E-state index is 12.5. The summed E-state index contributed by atoms with van der Waals surface area (Å²) in [5.41, 5.74) is -0.869. The topological polar surface area (TPSA) is 34.1 Å². The molecular formula is C14H19Cl2F3N2O. The molecular weight excluding hydrogens is 340 g/mol. The Morgan fingerprint density at radius 1 is 1.36 bits per heavy atom. The highest BCUT2D eigenvalue weighted by molar-refractivity contribution is 6.31. The minimum atomic E-state index is -4.44. The Morgan fingerprint density at radius 2 is 2.14 bits per heavy atom. The molecule has 0 aliphatic carbocycles. The molecule has 1 aliphatic rings. The first-order valence-electron chi connectivity index (χ1n) is 7.06. The van der Waals surface area contributed by atoms with E-state index in [4.69, 9.17) is 16.3 Å². The second-order valence-electron chi connectivity index (χ2n) is 5.15. The second kappa shape index (κ2) is 8.79. The van der Waals surface area contributed by atoms with Crippen LogP contribution in [0.3, 0.4) is 0 Å². The van der Waals surface area contributed by atoms with Crippen LogP contribution < -0.4 is 10.1 Å². The van der Waals surface area contributed by atoms with Crippen LogP contribution in [-0.2, 0) is 6.18 Å². The van der Waals surface area contributed by atoms with Gasteiger partial charge in [-0.1, -0.05) is 18.0 Å². The zero-order valence-electron chi connectivity index (χ0n) is 12.0. The number of rotatable bonds is 5. The normalized spacial score (nSPS) is 18.6. The van der Waals surface area contributed by atoms with E-state index in [2.05, 4.69) is 10.3 Å². The first-order valence-corrected chi connectivity index (χ1v) is 7.43. The summed E-state index contributed by atoms with van der Waals surface area (Å²) in [5.74, 6) is 0.0567. The van der Waals surface area contributed by atoms with E-state index in [-0.39, 0.29) is 23.3 Å². The SMILES string of the molecule is Cl.FC(F)(F)c1cnc(OCCCC2CCCCN2)c(Cl)c1. The molecule has 1 saturated heterocycles. The van der Waals surface area contributed by atoms with Gasteiger partial charge in [0.05, 0.1) is 12.2 Å². The lowest BCUT2D eigenvalue weighted by atomic mass is 10.0. The van der Waals surface area contributed by atoms with Crippen LogP contribution in [0.4, 0.5) is 13.2 Å². The van der Waals surface area contributed by atoms with Gasteiger partial charge in [-0.2, -0.15) is 13.2 Å². The molecule has 8 heteroatoms. The zero-order valence-corrected chi connectivity index (χ0v) is 13.5. The third-order valence-corrected chi connectivity index (χ3v) is 3.75. The molecule has 126 valence electrons. The number of hydrogen-bond donors (Lipinski definition) is 1. The lowest BCUT2D eigenvalue weighted by Gasteiger charge is -2.23. The quantitative estimate of drug-likeness (QED) is 0.788. The molecule has 0 aromatic carbocycles. The number of pyridine rings is 1. The van der Waals surface area contributed by atoms with Crippen LogP contribution in [0, 0.1) is 0 Å². The van der Waals surface area contributed by atoms with Crippen molar-refractivity contribution in [1.82, 2.24) is 10.3 Å². The number of nitrogens with one attached hydrogen (secondary N) is 1. The molecule has 0 spiro atoms. The van der Waals surface area contributed by atoms with Gasteiger partial charge in [0.15, 0.2) is 0 Å². The van der Waals surface area contributed by atoms with Crippen molar-refractivity contribution in [3.05, 3.63) is 22.8 Å². The van der Waals surface area contributed by atoms with Crippen LogP contribution in [0.5, 0.6) is 5.88 Å². The third kappa shape index (κ3) is 5.82. The summed E-state index contributed by atoms with van der Waals surface area (Å²) >= 11 is 5.76. The van der Waals surface area contributed by atoms with Crippen molar-refractivity contribution in [2.24, 2.45) is 0 Å². The number of ether oxygens (including phenoxy) is 1. The molecule has 0 bridgehead atoms. The van der Waals surface area contributed by atoms with E-state index in [0.717, 1.165) is 31.6 Å². The maximum absolute atomic E-state index is 12.5. The number of alkyl halides is 3. The van der Waals surface area contributed by atoms with E-state index in [0.29, 0.717) is 12.6 Å². The summed E-state index contributed by atoms with van der Waals surface area (Å²) in [6.07, 6.45) is 1.73. The second-order valence-corrected chi connectivity index (χ2v) is 5.55. The Bertz CT molecular complexity index is 466. The Kier molecular flexibility index (Phi) is 7.72. The van der Waals surface area contributed by atoms with Crippen LogP contribution >= 0.6 is 24.0 Å². The summed E-state index contributed by atoms with van der Waals surface area (Å²) in [6.45, 7) is 1.45. The molecule has 3 nitrogen and oxygen atoms in total. The molecule has 0 saturated carbocycles. The Balaban J connectivity index is 0.00000242. The molecule has 22 heavy (non-hydrogen) atoms. The molecule has 2 rings (SSSR count). The third-order valence-electron chi connectivity index (χ3n) is 3.48. The van der Waals surface area contributed by atoms with E-state index in [1.165, 1.54) is 19.3 Å². The Morgan fingerprint density at radius 3 is 2.73 bits per heavy atom. The van der Waals surface area contributed by atoms with Crippen LogP contribution in [-0.4, -0.2) is 24.2 Å². The van der Waals surface area contributed by atoms with Crippen LogP contribution in [0.15, 0.2) is 12.3 Å². The van der Waals surface area contributed by atoms with Crippen molar-refractivity contribution in [2.45, 2.75) is 44.3 Å². The van der Waals surface area contributed by atoms with Crippen LogP contribution in [0.1, 0.15) is 37.7 Å². The highest BCUT2D eigenvalue weighted by Crippen LogP contribution is 2.33. The molecule has 1 aromatic rings. The maximum Gasteiger partial charge on any atom is 0.417 e. The molecule has 1 fully saturated rings. The van der Waals surface area contributed by atoms with Gasteiger partial charge in [-0.25, -0.2) is 4.98 Å². The van der Waals surface area contributed by atoms with Gasteiger partial charge in [0.1, 0.15) is 5.02 Å². The molecule has 0 amide bonds. The van der Waals surface area contributed by atoms with Crippen molar-refractivity contribution < 1.29 is 17.9 Å². The zero-order chi connectivity index (χ0) is 15.3. The van der Waals surface area contributed by atoms with E-state index < -0.39 is 11.7 Å². The molecule has 1 aliphatic heterocycles. The lowest BCUT2D eigenvalue weighted by molar-refractivity contribution is -0.137. The van der Waals surface area contributed by atoms with Crippen LogP contribution in [0.2, 0.25) is 5.02 Å². The summed E-state index contributed by atoms with van der Waals surface area (Å²) in [5, 5.41) is 3.32. The van der Waals surface area contributed by atoms with E-state index in [1.54, 1.807) is 0 Å². The van der Waals surface area contributed by atoms with Gasteiger partial charge in [0.25, 0.3) is 0 Å². The summed E-state index contributed by atoms with van der Waals surface area (Å²) in [7, 11) is 0. The average Bonchev–Trinajstić information content (AvgIpc) is 2.45. The van der Waals surface area contributed by atoms with Crippen molar-refractivity contribution in [1.29, 1.82) is 0 Å². The molecule has 1 N–H and O–H groups in total. The first kappa shape index (κ1) is 19.3. The smallest absolute Gasteiger partial charge is 0.417 e. The Hall–Kier alpha value is -0.720. The number of halogens is 5. The molecule has 1 unspecified atom stereocenters. The number of piperidine rings is 1. The van der Waals surface area contributed by atoms with Crippen LogP contribution in [0.25, 0.3) is 0 Å². The number of aromatic nitrogens is 1. The molecule has 0 radical (unpaired) electrons. The van der Waals surface area contributed by atoms with Gasteiger partial charge < -0.3 is 10.1 Å². The van der Waals surface area contributed by atoms with Gasteiger partial charge in [-0.3, -0.25) is 0 Å². The fourth-order valence-corrected chi connectivity index (χ4v) is 2.58. The number of nitrogens with zero attached hydrogens (tertiary/aromatic N) is 1. The minimum absolute atomic E-state index is 0. The van der Waals surface area contributed by atoms with E-state index >= 15 is 0 Å². The molecule has 1 aromatic heterocycles. The van der Waals surface area contributed by atoms with Gasteiger partial charge in [0, 0.05) is 12.2 Å². The molecule has 1 atom stereocenters. The summed E-state index contributed by atoms with van der Waals surface area (Å²) in [4.78, 5) is 3.64. The van der Waals surface area contributed by atoms with Crippen molar-refractivity contribution >= 4 is 24.0 Å². The van der Waals surface area contributed by atoms with E-state index in [9.17, 15) is 13.2 Å². The standard InChI is InChI=1S/C14H18ClF3N2O.ClH/c15-12-8-10(14(16,17)18)9-20-13(12)21-7-3-5-11-4-1-2-6-19-11;/h8-9,11,19H,1-7H2;1H. The summed E-state index contributed by atoms with van der Waals surface area (Å²) in [6, 6.07) is 1.35. The van der Waals surface area contributed by atoms with Gasteiger partial charge in [-0.05, 0) is 38.3 Å². The Labute approximate surface area is 139 Å². The van der Waals surface area contributed by atoms with Gasteiger partial charge in [0.2, 0.25) is 5.88 Å². The van der Waals surface area contributed by atoms with Crippen molar-refractivity contribution in [3.8, 4) is 5.88 Å². The fourth-order valence-electron chi connectivity index (χ4n) is 2.36. The summed E-state index contributed by atoms with van der Waals surface area (Å²) < 4.78 is 42.8. The number of hydrogen-bond acceptors (Lipinski definition) is 3. The predicted molar refractivity (Wildman–Crippen MR) is 81.9 cm³/mol. The highest BCUT2D eigenvalue weighted by atomic mass is 35.5. The van der Waals surface area contributed by atoms with Gasteiger partial charge in [-0.15, -0.1) is 12.4 Å². The average molecular weight is 359 g/mol. The van der Waals surface area contributed by atoms with E-state index in [1.807, 2.05) is 0 Å². The first-order chi connectivity index (χ1) is 9.97. The van der Waals surface area contributed by atoms with Gasteiger partial charge >= 0.3 is 6.18 Å². The largest absolute Gasteiger partial charge is 0.477 e. The minimum Gasteiger partial charge on any atom is -0.477 e. The lowest BCUT2D eigenvalue weighted by Crippen LogP contribution is -2.34. The fraction of sp³-hybridized carbons (Fsp3) is 0.643. The molecule has 2 heterocycles. The predicted octanol–water partition coefficient (Wildman–Crippen LogP) is 4.48. The highest BCUT2D eigenvalue weighted by Gasteiger charge is 2.31. The monoisotopic (exact) mass is 358 g/mol. The van der Waals surface area contributed by atoms with Crippen molar-refractivity contribution in [3.63, 3.8) is 0 Å². The van der Waals surface area contributed by atoms with Crippen molar-refractivity contribution in [2.75, 3.05) is 13.2 Å².